The highest BCUT2D eigenvalue weighted by molar-refractivity contribution is 7.08. The van der Waals surface area contributed by atoms with Crippen LogP contribution in [0.1, 0.15) is 5.56 Å². The van der Waals surface area contributed by atoms with E-state index >= 15 is 0 Å². The molecule has 0 amide bonds. The van der Waals surface area contributed by atoms with Crippen molar-refractivity contribution in [1.29, 1.82) is 0 Å². The van der Waals surface area contributed by atoms with E-state index in [1.165, 1.54) is 11.1 Å². The third-order valence-corrected chi connectivity index (χ3v) is 3.04. The van der Waals surface area contributed by atoms with Crippen LogP contribution in [0.2, 0.25) is 5.02 Å². The van der Waals surface area contributed by atoms with E-state index in [4.69, 9.17) is 17.3 Å². The van der Waals surface area contributed by atoms with Gasteiger partial charge < -0.3 is 5.73 Å². The summed E-state index contributed by atoms with van der Waals surface area (Å²) in [5.74, 6) is 0. The van der Waals surface area contributed by atoms with Gasteiger partial charge in [-0.1, -0.05) is 17.7 Å². The third kappa shape index (κ3) is 2.73. The summed E-state index contributed by atoms with van der Waals surface area (Å²) in [5, 5.41) is 4.91. The Morgan fingerprint density at radius 2 is 2.07 bits per heavy atom. The molecule has 0 fully saturated rings. The summed E-state index contributed by atoms with van der Waals surface area (Å²) < 4.78 is 0. The standard InChI is InChI=1S/C11H10ClNS.ClH/c12-10-1-2-11(9(5-10)6-13)8-3-4-14-7-8;/h1-5,7H,6,13H2;1H. The Hall–Kier alpha value is -0.540. The molecule has 0 saturated heterocycles. The summed E-state index contributed by atoms with van der Waals surface area (Å²) in [5.41, 5.74) is 9.16. The molecule has 0 aliphatic rings. The molecule has 1 nitrogen and oxygen atoms in total. The molecule has 1 aromatic carbocycles. The SMILES string of the molecule is Cl.NCc1cc(Cl)ccc1-c1ccsc1. The van der Waals surface area contributed by atoms with Crippen LogP contribution in [0.3, 0.4) is 0 Å². The van der Waals surface area contributed by atoms with Crippen molar-refractivity contribution >= 4 is 35.3 Å². The van der Waals surface area contributed by atoms with E-state index in [0.717, 1.165) is 10.6 Å². The summed E-state index contributed by atoms with van der Waals surface area (Å²) in [6.07, 6.45) is 0. The number of nitrogens with two attached hydrogens (primary N) is 1. The lowest BCUT2D eigenvalue weighted by atomic mass is 10.0. The Labute approximate surface area is 104 Å². The van der Waals surface area contributed by atoms with Gasteiger partial charge in [0.2, 0.25) is 0 Å². The summed E-state index contributed by atoms with van der Waals surface area (Å²) in [6.45, 7) is 0.520. The molecule has 0 radical (unpaired) electrons. The van der Waals surface area contributed by atoms with Crippen LogP contribution in [0.25, 0.3) is 11.1 Å². The van der Waals surface area contributed by atoms with Crippen molar-refractivity contribution < 1.29 is 0 Å². The largest absolute Gasteiger partial charge is 0.326 e. The molecule has 15 heavy (non-hydrogen) atoms. The summed E-state index contributed by atoms with van der Waals surface area (Å²) in [7, 11) is 0. The average molecular weight is 260 g/mol. The molecule has 2 aromatic rings. The first kappa shape index (κ1) is 12.5. The van der Waals surface area contributed by atoms with E-state index in [0.29, 0.717) is 6.54 Å². The number of thiophene rings is 1. The van der Waals surface area contributed by atoms with Crippen molar-refractivity contribution in [2.75, 3.05) is 0 Å². The third-order valence-electron chi connectivity index (χ3n) is 2.12. The maximum Gasteiger partial charge on any atom is 0.0409 e. The fourth-order valence-electron chi connectivity index (χ4n) is 1.43. The highest BCUT2D eigenvalue weighted by atomic mass is 35.5. The van der Waals surface area contributed by atoms with Gasteiger partial charge in [-0.05, 0) is 45.6 Å². The first-order valence-electron chi connectivity index (χ1n) is 4.32. The smallest absolute Gasteiger partial charge is 0.0409 e. The Morgan fingerprint density at radius 3 is 2.67 bits per heavy atom. The van der Waals surface area contributed by atoms with Crippen molar-refractivity contribution in [2.24, 2.45) is 5.73 Å². The van der Waals surface area contributed by atoms with Gasteiger partial charge in [0, 0.05) is 11.6 Å². The Kier molecular flexibility index (Phi) is 4.61. The van der Waals surface area contributed by atoms with Crippen LogP contribution in [-0.4, -0.2) is 0 Å². The molecule has 80 valence electrons. The zero-order chi connectivity index (χ0) is 9.97. The molecule has 0 atom stereocenters. The van der Waals surface area contributed by atoms with Crippen LogP contribution >= 0.6 is 35.3 Å². The molecule has 0 spiro atoms. The quantitative estimate of drug-likeness (QED) is 0.869. The van der Waals surface area contributed by atoms with Crippen LogP contribution in [0.4, 0.5) is 0 Å². The lowest BCUT2D eigenvalue weighted by Crippen LogP contribution is -1.98. The Balaban J connectivity index is 0.00000112. The van der Waals surface area contributed by atoms with Gasteiger partial charge in [0.15, 0.2) is 0 Å². The summed E-state index contributed by atoms with van der Waals surface area (Å²) in [6, 6.07) is 7.93. The molecule has 2 N–H and O–H groups in total. The molecule has 0 saturated carbocycles. The second kappa shape index (κ2) is 5.52. The van der Waals surface area contributed by atoms with Crippen LogP contribution in [0.15, 0.2) is 35.0 Å². The molecule has 0 aliphatic carbocycles. The van der Waals surface area contributed by atoms with E-state index in [2.05, 4.69) is 16.8 Å². The van der Waals surface area contributed by atoms with Gasteiger partial charge in [-0.25, -0.2) is 0 Å². The second-order valence-electron chi connectivity index (χ2n) is 3.02. The molecule has 4 heteroatoms. The fraction of sp³-hybridized carbons (Fsp3) is 0.0909. The predicted octanol–water partition coefficient (Wildman–Crippen LogP) is 3.95. The van der Waals surface area contributed by atoms with Gasteiger partial charge in [-0.15, -0.1) is 12.4 Å². The van der Waals surface area contributed by atoms with E-state index in [1.54, 1.807) is 11.3 Å². The van der Waals surface area contributed by atoms with Gasteiger partial charge in [-0.2, -0.15) is 11.3 Å². The number of hydrogen-bond acceptors (Lipinski definition) is 2. The minimum atomic E-state index is 0. The molecular formula is C11H11Cl2NS. The van der Waals surface area contributed by atoms with Gasteiger partial charge in [0.05, 0.1) is 0 Å². The highest BCUT2D eigenvalue weighted by Gasteiger charge is 2.04. The van der Waals surface area contributed by atoms with E-state index < -0.39 is 0 Å². The van der Waals surface area contributed by atoms with E-state index in [9.17, 15) is 0 Å². The maximum absolute atomic E-state index is 5.90. The van der Waals surface area contributed by atoms with Crippen LogP contribution in [0.5, 0.6) is 0 Å². The van der Waals surface area contributed by atoms with E-state index in [-0.39, 0.29) is 12.4 Å². The van der Waals surface area contributed by atoms with Crippen molar-refractivity contribution in [3.63, 3.8) is 0 Å². The molecule has 2 rings (SSSR count). The Bertz CT molecular complexity index is 426. The monoisotopic (exact) mass is 259 g/mol. The number of halogens is 2. The van der Waals surface area contributed by atoms with Gasteiger partial charge in [-0.3, -0.25) is 0 Å². The molecule has 1 aromatic heterocycles. The predicted molar refractivity (Wildman–Crippen MR) is 69.9 cm³/mol. The zero-order valence-electron chi connectivity index (χ0n) is 7.94. The maximum atomic E-state index is 5.90. The molecule has 0 aliphatic heterocycles. The minimum Gasteiger partial charge on any atom is -0.326 e. The highest BCUT2D eigenvalue weighted by Crippen LogP contribution is 2.27. The van der Waals surface area contributed by atoms with Crippen molar-refractivity contribution in [1.82, 2.24) is 0 Å². The average Bonchev–Trinajstić information content (AvgIpc) is 2.70. The Morgan fingerprint density at radius 1 is 1.27 bits per heavy atom. The second-order valence-corrected chi connectivity index (χ2v) is 4.23. The lowest BCUT2D eigenvalue weighted by Gasteiger charge is -2.06. The molecule has 0 unspecified atom stereocenters. The minimum absolute atomic E-state index is 0. The number of benzene rings is 1. The molecule has 0 bridgehead atoms. The van der Waals surface area contributed by atoms with E-state index in [1.807, 2.05) is 18.2 Å². The molecule has 1 heterocycles. The zero-order valence-corrected chi connectivity index (χ0v) is 10.3. The van der Waals surface area contributed by atoms with Gasteiger partial charge >= 0.3 is 0 Å². The first-order chi connectivity index (χ1) is 6.81. The molecular weight excluding hydrogens is 249 g/mol. The van der Waals surface area contributed by atoms with Crippen molar-refractivity contribution in [3.05, 3.63) is 45.6 Å². The van der Waals surface area contributed by atoms with Crippen LogP contribution in [-0.2, 0) is 6.54 Å². The van der Waals surface area contributed by atoms with Crippen molar-refractivity contribution in [3.8, 4) is 11.1 Å². The summed E-state index contributed by atoms with van der Waals surface area (Å²) in [4.78, 5) is 0. The van der Waals surface area contributed by atoms with Gasteiger partial charge in [0.1, 0.15) is 0 Å². The fourth-order valence-corrected chi connectivity index (χ4v) is 2.28. The lowest BCUT2D eigenvalue weighted by molar-refractivity contribution is 1.07. The number of hydrogen-bond donors (Lipinski definition) is 1. The topological polar surface area (TPSA) is 26.0 Å². The van der Waals surface area contributed by atoms with Crippen LogP contribution < -0.4 is 5.73 Å². The summed E-state index contributed by atoms with van der Waals surface area (Å²) >= 11 is 7.59. The van der Waals surface area contributed by atoms with Crippen molar-refractivity contribution in [2.45, 2.75) is 6.54 Å². The van der Waals surface area contributed by atoms with Gasteiger partial charge in [0.25, 0.3) is 0 Å². The first-order valence-corrected chi connectivity index (χ1v) is 5.64. The normalized spacial score (nSPS) is 9.73. The van der Waals surface area contributed by atoms with Crippen LogP contribution in [0, 0.1) is 0 Å². The number of rotatable bonds is 2.